The van der Waals surface area contributed by atoms with Gasteiger partial charge in [0.05, 0.1) is 24.0 Å². The van der Waals surface area contributed by atoms with Gasteiger partial charge in [-0.3, -0.25) is 8.98 Å². The quantitative estimate of drug-likeness (QED) is 0.230. The van der Waals surface area contributed by atoms with Gasteiger partial charge < -0.3 is 40.1 Å². The third-order valence-electron chi connectivity index (χ3n) is 3.47. The van der Waals surface area contributed by atoms with Gasteiger partial charge in [0, 0.05) is 6.92 Å². The number of ether oxygens (including phenoxy) is 1. The van der Waals surface area contributed by atoms with Gasteiger partial charge in [-0.05, 0) is 0 Å². The highest BCUT2D eigenvalue weighted by molar-refractivity contribution is 7.74. The van der Waals surface area contributed by atoms with Crippen LogP contribution in [-0.4, -0.2) is 95.2 Å². The molecule has 0 bridgehead atoms. The average Bonchev–Trinajstić information content (AvgIpc) is 2.52. The Balaban J connectivity index is 3.37. The van der Waals surface area contributed by atoms with Gasteiger partial charge >= 0.3 is 11.8 Å². The summed E-state index contributed by atoms with van der Waals surface area (Å²) < 4.78 is 44.6. The van der Waals surface area contributed by atoms with Gasteiger partial charge in [0.2, 0.25) is 5.91 Å². The normalized spacial score (nSPS) is 36.3. The molecule has 1 aliphatic rings. The van der Waals surface area contributed by atoms with Crippen LogP contribution in [0.1, 0.15) is 6.92 Å². The topological polar surface area (TPSA) is 206 Å². The SMILES string of the molecule is CC(=O)N[C@H]1C([C@H](O)[C@H](O)CO)O[C@](OS(=O)[O-])(C(=O)O)[C@@H](F)C1O. The number of rotatable bonds is 7. The van der Waals surface area contributed by atoms with Crippen molar-refractivity contribution in [3.05, 3.63) is 0 Å². The second-order valence-electron chi connectivity index (χ2n) is 5.20. The van der Waals surface area contributed by atoms with E-state index in [9.17, 15) is 38.1 Å². The van der Waals surface area contributed by atoms with Gasteiger partial charge in [0.25, 0.3) is 0 Å². The van der Waals surface area contributed by atoms with Crippen molar-refractivity contribution in [1.29, 1.82) is 0 Å². The number of halogens is 1. The summed E-state index contributed by atoms with van der Waals surface area (Å²) in [7, 11) is 0. The summed E-state index contributed by atoms with van der Waals surface area (Å²) in [5, 5.41) is 49.4. The number of nitrogens with one attached hydrogen (secondary N) is 1. The number of carbonyl (C=O) groups excluding carboxylic acids is 1. The van der Waals surface area contributed by atoms with Crippen molar-refractivity contribution in [2.75, 3.05) is 6.61 Å². The van der Waals surface area contributed by atoms with E-state index in [0.29, 0.717) is 0 Å². The molecular formula is C11H17FNO11S-. The molecule has 1 fully saturated rings. The molecule has 0 aliphatic carbocycles. The fourth-order valence-electron chi connectivity index (χ4n) is 2.32. The lowest BCUT2D eigenvalue weighted by Crippen LogP contribution is -2.73. The van der Waals surface area contributed by atoms with Crippen LogP contribution in [0.4, 0.5) is 4.39 Å². The van der Waals surface area contributed by atoms with Crippen molar-refractivity contribution in [3.63, 3.8) is 0 Å². The highest BCUT2D eigenvalue weighted by Crippen LogP contribution is 2.36. The summed E-state index contributed by atoms with van der Waals surface area (Å²) in [6, 6.07) is -1.79. The standard InChI is InChI=1S/C11H18FNO11S/c1-3(15)13-5-7(18)9(12)11(10(19)20,24-25(21)22)23-8(5)6(17)4(16)2-14/h4-9,14,16-18H,2H2,1H3,(H,13,15)(H,19,20)(H,21,22)/p-1/t4-,5-,6-,7?,8?,9+,11-/m1/s1. The lowest BCUT2D eigenvalue weighted by atomic mass is 9.87. The summed E-state index contributed by atoms with van der Waals surface area (Å²) in [6.07, 6.45) is -11.6. The molecule has 14 heteroatoms. The molecular weight excluding hydrogens is 373 g/mol. The first-order chi connectivity index (χ1) is 11.5. The van der Waals surface area contributed by atoms with Gasteiger partial charge in [0.1, 0.15) is 24.4 Å². The first kappa shape index (κ1) is 21.8. The Bertz CT molecular complexity index is 536. The lowest BCUT2D eigenvalue weighted by molar-refractivity contribution is -0.309. The summed E-state index contributed by atoms with van der Waals surface area (Å²) >= 11 is -3.61. The van der Waals surface area contributed by atoms with E-state index >= 15 is 0 Å². The van der Waals surface area contributed by atoms with Gasteiger partial charge in [-0.2, -0.15) is 0 Å². The number of hydrogen-bond donors (Lipinski definition) is 6. The number of amides is 1. The maximum atomic E-state index is 14.4. The fraction of sp³-hybridized carbons (Fsp3) is 0.818. The largest absolute Gasteiger partial charge is 0.750 e. The van der Waals surface area contributed by atoms with Crippen molar-refractivity contribution in [2.24, 2.45) is 0 Å². The molecule has 25 heavy (non-hydrogen) atoms. The molecule has 0 radical (unpaired) electrons. The minimum Gasteiger partial charge on any atom is -0.750 e. The van der Waals surface area contributed by atoms with Crippen molar-refractivity contribution < 1.29 is 57.2 Å². The molecule has 1 saturated heterocycles. The Morgan fingerprint density at radius 3 is 2.44 bits per heavy atom. The maximum absolute atomic E-state index is 14.4. The summed E-state index contributed by atoms with van der Waals surface area (Å²) in [5.41, 5.74) is 0. The number of alkyl halides is 1. The smallest absolute Gasteiger partial charge is 0.368 e. The number of hydrogen-bond acceptors (Lipinski definition) is 10. The van der Waals surface area contributed by atoms with E-state index in [1.807, 2.05) is 5.32 Å². The first-order valence-corrected chi connectivity index (χ1v) is 7.74. The van der Waals surface area contributed by atoms with Crippen LogP contribution in [0.3, 0.4) is 0 Å². The zero-order valence-corrected chi connectivity index (χ0v) is 13.5. The number of aliphatic hydroxyl groups excluding tert-OH is 4. The molecule has 1 aliphatic heterocycles. The molecule has 12 nitrogen and oxygen atoms in total. The third-order valence-corrected chi connectivity index (χ3v) is 3.86. The number of carboxylic acids is 1. The van der Waals surface area contributed by atoms with Crippen molar-refractivity contribution in [3.8, 4) is 0 Å². The second-order valence-corrected chi connectivity index (χ2v) is 5.78. The van der Waals surface area contributed by atoms with Crippen molar-refractivity contribution in [1.82, 2.24) is 5.32 Å². The lowest BCUT2D eigenvalue weighted by Gasteiger charge is -2.47. The summed E-state index contributed by atoms with van der Waals surface area (Å²) in [5.74, 6) is -6.71. The van der Waals surface area contributed by atoms with E-state index in [4.69, 9.17) is 14.9 Å². The molecule has 6 N–H and O–H groups in total. The zero-order chi connectivity index (χ0) is 19.5. The molecule has 146 valence electrons. The van der Waals surface area contributed by atoms with Crippen LogP contribution in [0.5, 0.6) is 0 Å². The van der Waals surface area contributed by atoms with E-state index in [-0.39, 0.29) is 0 Å². The van der Waals surface area contributed by atoms with Crippen LogP contribution in [0.15, 0.2) is 0 Å². The Hall–Kier alpha value is -1.26. The average molecular weight is 390 g/mol. The molecule has 0 spiro atoms. The van der Waals surface area contributed by atoms with E-state index in [0.717, 1.165) is 6.92 Å². The molecule has 0 saturated carbocycles. The Morgan fingerprint density at radius 2 is 2.04 bits per heavy atom. The first-order valence-electron chi connectivity index (χ1n) is 6.74. The van der Waals surface area contributed by atoms with E-state index in [2.05, 4.69) is 4.18 Å². The van der Waals surface area contributed by atoms with Crippen LogP contribution in [0.2, 0.25) is 0 Å². The van der Waals surface area contributed by atoms with Crippen LogP contribution < -0.4 is 5.32 Å². The molecule has 1 heterocycles. The summed E-state index contributed by atoms with van der Waals surface area (Å²) in [4.78, 5) is 22.6. The van der Waals surface area contributed by atoms with Crippen LogP contribution in [0, 0.1) is 0 Å². The van der Waals surface area contributed by atoms with E-state index < -0.39 is 72.3 Å². The summed E-state index contributed by atoms with van der Waals surface area (Å²) in [6.45, 7) is -0.0918. The Morgan fingerprint density at radius 1 is 1.48 bits per heavy atom. The number of aliphatic carboxylic acids is 1. The third kappa shape index (κ3) is 4.48. The molecule has 3 unspecified atom stereocenters. The van der Waals surface area contributed by atoms with Crippen molar-refractivity contribution >= 4 is 23.2 Å². The van der Waals surface area contributed by atoms with Gasteiger partial charge in [-0.15, -0.1) is 0 Å². The van der Waals surface area contributed by atoms with Gasteiger partial charge in [-0.25, -0.2) is 13.4 Å². The molecule has 0 aromatic heterocycles. The number of carbonyl (C=O) groups is 2. The van der Waals surface area contributed by atoms with Crippen LogP contribution in [-0.2, 0) is 29.9 Å². The predicted molar refractivity (Wildman–Crippen MR) is 72.9 cm³/mol. The second kappa shape index (κ2) is 8.41. The van der Waals surface area contributed by atoms with E-state index in [1.165, 1.54) is 0 Å². The highest BCUT2D eigenvalue weighted by Gasteiger charge is 2.63. The number of aliphatic hydroxyl groups is 4. The molecule has 8 atom stereocenters. The molecule has 1 amide bonds. The van der Waals surface area contributed by atoms with Gasteiger partial charge in [-0.1, -0.05) is 0 Å². The Labute approximate surface area is 142 Å². The van der Waals surface area contributed by atoms with Gasteiger partial charge in [0.15, 0.2) is 6.17 Å². The minimum absolute atomic E-state index is 0.841. The molecule has 0 aromatic carbocycles. The molecule has 1 rings (SSSR count). The highest BCUT2D eigenvalue weighted by atomic mass is 32.2. The minimum atomic E-state index is -3.61. The fourth-order valence-corrected chi connectivity index (χ4v) is 2.73. The maximum Gasteiger partial charge on any atom is 0.368 e. The Kier molecular flexibility index (Phi) is 7.33. The monoisotopic (exact) mass is 390 g/mol. The zero-order valence-electron chi connectivity index (χ0n) is 12.6. The van der Waals surface area contributed by atoms with Crippen LogP contribution in [0.25, 0.3) is 0 Å². The predicted octanol–water partition coefficient (Wildman–Crippen LogP) is -4.11. The van der Waals surface area contributed by atoms with Crippen LogP contribution >= 0.6 is 0 Å². The molecule has 0 aromatic rings. The van der Waals surface area contributed by atoms with Crippen molar-refractivity contribution in [2.45, 2.75) is 49.3 Å². The van der Waals surface area contributed by atoms with E-state index in [1.54, 1.807) is 0 Å². The number of carboxylic acid groups (broad SMARTS) is 1.